The van der Waals surface area contributed by atoms with Crippen LogP contribution in [-0.4, -0.2) is 0 Å². The monoisotopic (exact) mass is 200 g/mol. The minimum atomic E-state index is 1.09. The zero-order valence-electron chi connectivity index (χ0n) is 10.0. The molecule has 0 radical (unpaired) electrons. The van der Waals surface area contributed by atoms with Crippen molar-refractivity contribution in [2.75, 3.05) is 0 Å². The van der Waals surface area contributed by atoms with E-state index in [1.54, 1.807) is 0 Å². The standard InChI is InChI=1S/C15H20/c1-5-14(9-6-12(2)3)15-10-7-13(4)8-11-15/h5-7,9-10H,2,8,11H2,1,3-4H3/b9-6-,14-5+. The lowest BCUT2D eigenvalue weighted by Gasteiger charge is -2.12. The Kier molecular flexibility index (Phi) is 4.36. The van der Waals surface area contributed by atoms with Crippen LogP contribution in [-0.2, 0) is 0 Å². The summed E-state index contributed by atoms with van der Waals surface area (Å²) in [4.78, 5) is 0. The fraction of sp³-hybridized carbons (Fsp3) is 0.333. The van der Waals surface area contributed by atoms with Crippen molar-refractivity contribution in [2.24, 2.45) is 0 Å². The van der Waals surface area contributed by atoms with E-state index in [1.807, 2.05) is 6.92 Å². The molecule has 0 unspecified atom stereocenters. The van der Waals surface area contributed by atoms with Crippen molar-refractivity contribution in [2.45, 2.75) is 33.6 Å². The molecule has 0 amide bonds. The Morgan fingerprint density at radius 3 is 2.47 bits per heavy atom. The Bertz CT molecular complexity index is 359. The second-order valence-corrected chi connectivity index (χ2v) is 4.13. The highest BCUT2D eigenvalue weighted by Crippen LogP contribution is 2.24. The average Bonchev–Trinajstić information content (AvgIpc) is 2.21. The van der Waals surface area contributed by atoms with Crippen LogP contribution < -0.4 is 0 Å². The second kappa shape index (κ2) is 5.55. The maximum absolute atomic E-state index is 3.87. The van der Waals surface area contributed by atoms with Crippen molar-refractivity contribution >= 4 is 0 Å². The van der Waals surface area contributed by atoms with Gasteiger partial charge in [-0.05, 0) is 44.8 Å². The van der Waals surface area contributed by atoms with E-state index in [1.165, 1.54) is 23.1 Å². The molecular weight excluding hydrogens is 180 g/mol. The van der Waals surface area contributed by atoms with E-state index in [-0.39, 0.29) is 0 Å². The molecule has 0 aliphatic heterocycles. The van der Waals surface area contributed by atoms with Gasteiger partial charge in [0.25, 0.3) is 0 Å². The minimum Gasteiger partial charge on any atom is -0.0961 e. The van der Waals surface area contributed by atoms with Crippen LogP contribution in [0.2, 0.25) is 0 Å². The topological polar surface area (TPSA) is 0 Å². The third kappa shape index (κ3) is 3.75. The smallest absolute Gasteiger partial charge is 0.0236 e. The van der Waals surface area contributed by atoms with Crippen LogP contribution in [0.3, 0.4) is 0 Å². The molecule has 0 atom stereocenters. The van der Waals surface area contributed by atoms with Gasteiger partial charge in [0.1, 0.15) is 0 Å². The predicted molar refractivity (Wildman–Crippen MR) is 68.8 cm³/mol. The van der Waals surface area contributed by atoms with Gasteiger partial charge in [-0.1, -0.05) is 48.1 Å². The predicted octanol–water partition coefficient (Wildman–Crippen LogP) is 4.73. The van der Waals surface area contributed by atoms with Crippen molar-refractivity contribution in [3.05, 3.63) is 59.3 Å². The van der Waals surface area contributed by atoms with Crippen LogP contribution in [0.5, 0.6) is 0 Å². The van der Waals surface area contributed by atoms with Crippen molar-refractivity contribution in [3.8, 4) is 0 Å². The summed E-state index contributed by atoms with van der Waals surface area (Å²) in [5.41, 5.74) is 5.32. The van der Waals surface area contributed by atoms with Crippen LogP contribution in [0, 0.1) is 0 Å². The zero-order valence-corrected chi connectivity index (χ0v) is 10.0. The Hall–Kier alpha value is -1.30. The van der Waals surface area contributed by atoms with E-state index < -0.39 is 0 Å². The molecule has 15 heavy (non-hydrogen) atoms. The quantitative estimate of drug-likeness (QED) is 0.578. The highest BCUT2D eigenvalue weighted by Gasteiger charge is 2.05. The van der Waals surface area contributed by atoms with Gasteiger partial charge in [0.05, 0.1) is 0 Å². The lowest BCUT2D eigenvalue weighted by Crippen LogP contribution is -1.93. The Balaban J connectivity index is 2.82. The van der Waals surface area contributed by atoms with Gasteiger partial charge in [-0.3, -0.25) is 0 Å². The number of rotatable bonds is 3. The summed E-state index contributed by atoms with van der Waals surface area (Å²) in [5, 5.41) is 0. The van der Waals surface area contributed by atoms with Gasteiger partial charge in [-0.25, -0.2) is 0 Å². The van der Waals surface area contributed by atoms with Crippen molar-refractivity contribution < 1.29 is 0 Å². The van der Waals surface area contributed by atoms with Crippen molar-refractivity contribution in [1.82, 2.24) is 0 Å². The van der Waals surface area contributed by atoms with Crippen LogP contribution in [0.1, 0.15) is 33.6 Å². The summed E-state index contributed by atoms with van der Waals surface area (Å²) in [6, 6.07) is 0. The van der Waals surface area contributed by atoms with Gasteiger partial charge < -0.3 is 0 Å². The summed E-state index contributed by atoms with van der Waals surface area (Å²) in [6.07, 6.45) is 13.2. The maximum Gasteiger partial charge on any atom is -0.0236 e. The first-order valence-electron chi connectivity index (χ1n) is 5.50. The molecule has 0 aromatic rings. The summed E-state index contributed by atoms with van der Waals surface area (Å²) < 4.78 is 0. The molecule has 1 aliphatic rings. The molecule has 80 valence electrons. The van der Waals surface area contributed by atoms with E-state index in [0.29, 0.717) is 0 Å². The van der Waals surface area contributed by atoms with Crippen LogP contribution in [0.4, 0.5) is 0 Å². The van der Waals surface area contributed by atoms with Gasteiger partial charge in [0.2, 0.25) is 0 Å². The molecular formula is C15H20. The molecule has 0 aromatic heterocycles. The Morgan fingerprint density at radius 2 is 2.00 bits per heavy atom. The number of hydrogen-bond donors (Lipinski definition) is 0. The lowest BCUT2D eigenvalue weighted by atomic mass is 9.93. The van der Waals surface area contributed by atoms with Gasteiger partial charge in [0, 0.05) is 0 Å². The van der Waals surface area contributed by atoms with E-state index in [4.69, 9.17) is 0 Å². The molecule has 0 N–H and O–H groups in total. The Morgan fingerprint density at radius 1 is 1.27 bits per heavy atom. The fourth-order valence-electron chi connectivity index (χ4n) is 1.60. The van der Waals surface area contributed by atoms with E-state index in [9.17, 15) is 0 Å². The molecule has 0 spiro atoms. The fourth-order valence-corrected chi connectivity index (χ4v) is 1.60. The third-order valence-electron chi connectivity index (χ3n) is 2.59. The number of hydrogen-bond acceptors (Lipinski definition) is 0. The normalized spacial score (nSPS) is 17.7. The van der Waals surface area contributed by atoms with Crippen molar-refractivity contribution in [3.63, 3.8) is 0 Å². The lowest BCUT2D eigenvalue weighted by molar-refractivity contribution is 0.918. The molecule has 0 fully saturated rings. The summed E-state index contributed by atoms with van der Waals surface area (Å²) in [6.45, 7) is 10.2. The molecule has 1 aliphatic carbocycles. The molecule has 0 heterocycles. The van der Waals surface area contributed by atoms with Crippen LogP contribution >= 0.6 is 0 Å². The van der Waals surface area contributed by atoms with E-state index in [2.05, 4.69) is 50.8 Å². The molecule has 1 rings (SSSR count). The third-order valence-corrected chi connectivity index (χ3v) is 2.59. The minimum absolute atomic E-state index is 1.09. The maximum atomic E-state index is 3.87. The van der Waals surface area contributed by atoms with E-state index >= 15 is 0 Å². The van der Waals surface area contributed by atoms with Gasteiger partial charge in [-0.15, -0.1) is 0 Å². The van der Waals surface area contributed by atoms with Gasteiger partial charge >= 0.3 is 0 Å². The molecule has 0 aromatic carbocycles. The molecule has 0 saturated heterocycles. The molecule has 0 saturated carbocycles. The first-order chi connectivity index (χ1) is 7.13. The SMILES string of the molecule is C=C(C)/C=C\C(=C/C)C1=CC=C(C)CC1. The van der Waals surface area contributed by atoms with Crippen molar-refractivity contribution in [1.29, 1.82) is 0 Å². The highest BCUT2D eigenvalue weighted by atomic mass is 14.1. The van der Waals surface area contributed by atoms with Gasteiger partial charge in [-0.2, -0.15) is 0 Å². The van der Waals surface area contributed by atoms with Gasteiger partial charge in [0.15, 0.2) is 0 Å². The Labute approximate surface area is 93.4 Å². The second-order valence-electron chi connectivity index (χ2n) is 4.13. The largest absolute Gasteiger partial charge is 0.0961 e. The molecule has 0 bridgehead atoms. The molecule has 0 heteroatoms. The first-order valence-corrected chi connectivity index (χ1v) is 5.50. The first kappa shape index (κ1) is 11.8. The average molecular weight is 200 g/mol. The highest BCUT2D eigenvalue weighted by molar-refractivity contribution is 5.44. The zero-order chi connectivity index (χ0) is 11.3. The van der Waals surface area contributed by atoms with E-state index in [0.717, 1.165) is 12.0 Å². The summed E-state index contributed by atoms with van der Waals surface area (Å²) >= 11 is 0. The summed E-state index contributed by atoms with van der Waals surface area (Å²) in [5.74, 6) is 0. The summed E-state index contributed by atoms with van der Waals surface area (Å²) in [7, 11) is 0. The van der Waals surface area contributed by atoms with Crippen LogP contribution in [0.25, 0.3) is 0 Å². The van der Waals surface area contributed by atoms with Crippen LogP contribution in [0.15, 0.2) is 59.3 Å². The molecule has 0 nitrogen and oxygen atoms in total. The number of allylic oxidation sites excluding steroid dienone is 9.